The number of aromatic nitrogens is 2. The second kappa shape index (κ2) is 9.28. The summed E-state index contributed by atoms with van der Waals surface area (Å²) >= 11 is 1.23. The second-order valence-corrected chi connectivity index (χ2v) is 8.32. The number of carbonyl (C=O) groups is 1. The zero-order chi connectivity index (χ0) is 22.7. The summed E-state index contributed by atoms with van der Waals surface area (Å²) in [5.74, 6) is 0.463. The first-order valence-electron chi connectivity index (χ1n) is 10.1. The summed E-state index contributed by atoms with van der Waals surface area (Å²) in [7, 11) is 1.56. The van der Waals surface area contributed by atoms with E-state index in [2.05, 4.69) is 5.32 Å². The molecule has 0 radical (unpaired) electrons. The van der Waals surface area contributed by atoms with Gasteiger partial charge in [0.25, 0.3) is 5.56 Å². The van der Waals surface area contributed by atoms with Crippen LogP contribution in [0.3, 0.4) is 0 Å². The SMILES string of the molecule is COc1ccccc1NC(=O)CSc1nc2ccccc2c(=O)n1-c1cc(C)ccc1C. The molecule has 1 heterocycles. The molecule has 32 heavy (non-hydrogen) atoms. The fraction of sp³-hybridized carbons (Fsp3) is 0.160. The number of anilines is 1. The first-order valence-corrected chi connectivity index (χ1v) is 11.1. The van der Waals surface area contributed by atoms with Crippen LogP contribution >= 0.6 is 11.8 Å². The molecule has 1 N–H and O–H groups in total. The molecule has 0 bridgehead atoms. The van der Waals surface area contributed by atoms with Crippen LogP contribution in [-0.2, 0) is 4.79 Å². The summed E-state index contributed by atoms with van der Waals surface area (Å²) in [6, 6.07) is 20.4. The average molecular weight is 446 g/mol. The highest BCUT2D eigenvalue weighted by atomic mass is 32.2. The van der Waals surface area contributed by atoms with Crippen LogP contribution in [0.15, 0.2) is 76.7 Å². The zero-order valence-corrected chi connectivity index (χ0v) is 18.9. The second-order valence-electron chi connectivity index (χ2n) is 7.38. The van der Waals surface area contributed by atoms with Gasteiger partial charge in [0.05, 0.1) is 35.1 Å². The van der Waals surface area contributed by atoms with Crippen LogP contribution < -0.4 is 15.6 Å². The number of amides is 1. The summed E-state index contributed by atoms with van der Waals surface area (Å²) in [4.78, 5) is 30.8. The van der Waals surface area contributed by atoms with E-state index in [0.717, 1.165) is 16.8 Å². The number of carbonyl (C=O) groups excluding carboxylic acids is 1. The molecule has 0 aliphatic rings. The Bertz CT molecular complexity index is 1360. The molecule has 3 aromatic carbocycles. The molecule has 1 aromatic heterocycles. The number of methoxy groups -OCH3 is 1. The number of nitrogens with one attached hydrogen (secondary N) is 1. The monoisotopic (exact) mass is 445 g/mol. The summed E-state index contributed by atoms with van der Waals surface area (Å²) < 4.78 is 6.90. The minimum atomic E-state index is -0.213. The number of benzene rings is 3. The van der Waals surface area contributed by atoms with Crippen molar-refractivity contribution in [2.24, 2.45) is 0 Å². The standard InChI is InChI=1S/C25H23N3O3S/c1-16-12-13-17(2)21(14-16)28-24(30)18-8-4-5-9-19(18)27-25(28)32-15-23(29)26-20-10-6-7-11-22(20)31-3/h4-14H,15H2,1-3H3,(H,26,29). The molecule has 0 aliphatic carbocycles. The fourth-order valence-electron chi connectivity index (χ4n) is 3.45. The molecule has 0 saturated carbocycles. The van der Waals surface area contributed by atoms with Crippen molar-refractivity contribution in [3.63, 3.8) is 0 Å². The third-order valence-electron chi connectivity index (χ3n) is 5.06. The molecule has 0 aliphatic heterocycles. The highest BCUT2D eigenvalue weighted by molar-refractivity contribution is 7.99. The minimum absolute atomic E-state index is 0.0910. The van der Waals surface area contributed by atoms with Crippen molar-refractivity contribution in [3.8, 4) is 11.4 Å². The maximum absolute atomic E-state index is 13.4. The van der Waals surface area contributed by atoms with E-state index in [1.807, 2.05) is 62.4 Å². The smallest absolute Gasteiger partial charge is 0.266 e. The summed E-state index contributed by atoms with van der Waals surface area (Å²) in [5, 5.41) is 3.87. The van der Waals surface area contributed by atoms with Gasteiger partial charge in [0.2, 0.25) is 5.91 Å². The Balaban J connectivity index is 1.71. The minimum Gasteiger partial charge on any atom is -0.495 e. The van der Waals surface area contributed by atoms with Crippen molar-refractivity contribution >= 4 is 34.3 Å². The lowest BCUT2D eigenvalue weighted by Gasteiger charge is -2.16. The van der Waals surface area contributed by atoms with E-state index < -0.39 is 0 Å². The van der Waals surface area contributed by atoms with Gasteiger partial charge in [-0.05, 0) is 55.3 Å². The molecule has 4 rings (SSSR count). The Labute approximate surface area is 190 Å². The molecule has 1 amide bonds. The lowest BCUT2D eigenvalue weighted by molar-refractivity contribution is -0.113. The van der Waals surface area contributed by atoms with Crippen molar-refractivity contribution < 1.29 is 9.53 Å². The number of aryl methyl sites for hydroxylation is 2. The topological polar surface area (TPSA) is 73.2 Å². The lowest BCUT2D eigenvalue weighted by Crippen LogP contribution is -2.23. The molecule has 6 nitrogen and oxygen atoms in total. The van der Waals surface area contributed by atoms with Crippen LogP contribution in [0.25, 0.3) is 16.6 Å². The Kier molecular flexibility index (Phi) is 6.28. The van der Waals surface area contributed by atoms with Crippen LogP contribution in [0.4, 0.5) is 5.69 Å². The highest BCUT2D eigenvalue weighted by Gasteiger charge is 2.17. The van der Waals surface area contributed by atoms with Gasteiger partial charge < -0.3 is 10.1 Å². The Morgan fingerprint density at radius 2 is 1.81 bits per heavy atom. The molecule has 0 fully saturated rings. The number of ether oxygens (including phenoxy) is 1. The molecular weight excluding hydrogens is 422 g/mol. The summed E-state index contributed by atoms with van der Waals surface area (Å²) in [6.45, 7) is 3.94. The Morgan fingerprint density at radius 3 is 2.62 bits per heavy atom. The van der Waals surface area contributed by atoms with Crippen molar-refractivity contribution in [1.29, 1.82) is 0 Å². The van der Waals surface area contributed by atoms with E-state index in [-0.39, 0.29) is 17.2 Å². The van der Waals surface area contributed by atoms with Gasteiger partial charge in [0.1, 0.15) is 5.75 Å². The Hall–Kier alpha value is -3.58. The number of nitrogens with zero attached hydrogens (tertiary/aromatic N) is 2. The van der Waals surface area contributed by atoms with Crippen LogP contribution in [0.5, 0.6) is 5.75 Å². The van der Waals surface area contributed by atoms with Gasteiger partial charge in [-0.1, -0.05) is 48.2 Å². The first kappa shape index (κ1) is 21.6. The van der Waals surface area contributed by atoms with Crippen molar-refractivity contribution in [1.82, 2.24) is 9.55 Å². The molecule has 0 spiro atoms. The molecule has 162 valence electrons. The predicted octanol–water partition coefficient (Wildman–Crippen LogP) is 4.74. The van der Waals surface area contributed by atoms with Crippen LogP contribution in [-0.4, -0.2) is 28.3 Å². The van der Waals surface area contributed by atoms with Crippen LogP contribution in [0.1, 0.15) is 11.1 Å². The highest BCUT2D eigenvalue weighted by Crippen LogP contribution is 2.26. The van der Waals surface area contributed by atoms with Gasteiger partial charge in [-0.25, -0.2) is 4.98 Å². The van der Waals surface area contributed by atoms with E-state index in [1.165, 1.54) is 11.8 Å². The number of fused-ring (bicyclic) bond motifs is 1. The van der Waals surface area contributed by atoms with E-state index in [1.54, 1.807) is 29.9 Å². The third kappa shape index (κ3) is 4.38. The van der Waals surface area contributed by atoms with Gasteiger partial charge in [0, 0.05) is 0 Å². The van der Waals surface area contributed by atoms with Crippen LogP contribution in [0, 0.1) is 13.8 Å². The van der Waals surface area contributed by atoms with Gasteiger partial charge in [-0.3, -0.25) is 14.2 Å². The van der Waals surface area contributed by atoms with Gasteiger partial charge in [0.15, 0.2) is 5.16 Å². The maximum Gasteiger partial charge on any atom is 0.266 e. The Morgan fingerprint density at radius 1 is 1.06 bits per heavy atom. The molecule has 4 aromatic rings. The van der Waals surface area contributed by atoms with Crippen molar-refractivity contribution in [3.05, 3.63) is 88.2 Å². The van der Waals surface area contributed by atoms with Crippen LogP contribution in [0.2, 0.25) is 0 Å². The quantitative estimate of drug-likeness (QED) is 0.343. The molecule has 0 saturated heterocycles. The number of hydrogen-bond acceptors (Lipinski definition) is 5. The van der Waals surface area contributed by atoms with Gasteiger partial charge in [-0.2, -0.15) is 0 Å². The third-order valence-corrected chi connectivity index (χ3v) is 6.00. The fourth-order valence-corrected chi connectivity index (χ4v) is 4.25. The summed E-state index contributed by atoms with van der Waals surface area (Å²) in [5.41, 5.74) is 3.80. The average Bonchev–Trinajstić information content (AvgIpc) is 2.80. The number of thioether (sulfide) groups is 1. The number of rotatable bonds is 6. The van der Waals surface area contributed by atoms with E-state index in [9.17, 15) is 9.59 Å². The predicted molar refractivity (Wildman–Crippen MR) is 129 cm³/mol. The van der Waals surface area contributed by atoms with Gasteiger partial charge >= 0.3 is 0 Å². The summed E-state index contributed by atoms with van der Waals surface area (Å²) in [6.07, 6.45) is 0. The first-order chi connectivity index (χ1) is 15.5. The normalized spacial score (nSPS) is 10.8. The lowest BCUT2D eigenvalue weighted by atomic mass is 10.1. The van der Waals surface area contributed by atoms with Crippen molar-refractivity contribution in [2.45, 2.75) is 19.0 Å². The number of para-hydroxylation sites is 3. The molecule has 0 atom stereocenters. The van der Waals surface area contributed by atoms with Crippen molar-refractivity contribution in [2.75, 3.05) is 18.2 Å². The molecule has 7 heteroatoms. The largest absolute Gasteiger partial charge is 0.495 e. The maximum atomic E-state index is 13.4. The van der Waals surface area contributed by atoms with Gasteiger partial charge in [-0.15, -0.1) is 0 Å². The zero-order valence-electron chi connectivity index (χ0n) is 18.1. The van der Waals surface area contributed by atoms with E-state index >= 15 is 0 Å². The number of hydrogen-bond donors (Lipinski definition) is 1. The van der Waals surface area contributed by atoms with E-state index in [4.69, 9.17) is 9.72 Å². The van der Waals surface area contributed by atoms with E-state index in [0.29, 0.717) is 27.5 Å². The molecule has 0 unspecified atom stereocenters. The molecular formula is C25H23N3O3S.